The van der Waals surface area contributed by atoms with E-state index in [1.807, 2.05) is 0 Å². The van der Waals surface area contributed by atoms with Gasteiger partial charge < -0.3 is 0 Å². The molecule has 160 valence electrons. The fourth-order valence-electron chi connectivity index (χ4n) is 4.85. The van der Waals surface area contributed by atoms with Gasteiger partial charge in [0.2, 0.25) is 0 Å². The van der Waals surface area contributed by atoms with E-state index in [1.165, 1.54) is 52.7 Å². The Bertz CT molecular complexity index is 1040. The first-order valence-corrected chi connectivity index (χ1v) is 13.0. The lowest BCUT2D eigenvalue weighted by Crippen LogP contribution is -2.13. The standard InChI is InChI=1S/C30H36Si/c1-7-8-10-22-17-20(2)28(19-22)31-29-21(3)18-27-25(11-9-12-26(27)29)23-13-15-24(16-14-23)30(4,5)6/h9,11-19,28-29H,7-8,10H2,1-6H3. The second kappa shape index (κ2) is 8.79. The predicted molar refractivity (Wildman–Crippen MR) is 138 cm³/mol. The summed E-state index contributed by atoms with van der Waals surface area (Å²) < 4.78 is 0. The fourth-order valence-corrected chi connectivity index (χ4v) is 6.64. The van der Waals surface area contributed by atoms with Gasteiger partial charge in [-0.3, -0.25) is 0 Å². The molecule has 2 unspecified atom stereocenters. The van der Waals surface area contributed by atoms with Crippen LogP contribution >= 0.6 is 0 Å². The van der Waals surface area contributed by atoms with E-state index in [-0.39, 0.29) is 5.41 Å². The van der Waals surface area contributed by atoms with E-state index < -0.39 is 0 Å². The van der Waals surface area contributed by atoms with Crippen molar-refractivity contribution in [1.82, 2.24) is 0 Å². The molecule has 0 heterocycles. The number of rotatable bonds is 6. The first-order chi connectivity index (χ1) is 14.8. The van der Waals surface area contributed by atoms with Gasteiger partial charge in [-0.2, -0.15) is 0 Å². The highest BCUT2D eigenvalue weighted by atomic mass is 28.2. The van der Waals surface area contributed by atoms with Crippen LogP contribution in [0, 0.1) is 0 Å². The Hall–Kier alpha value is -2.12. The largest absolute Gasteiger partial charge is 0.0774 e. The summed E-state index contributed by atoms with van der Waals surface area (Å²) in [5.41, 5.74) is 13.1. The Labute approximate surface area is 192 Å². The molecule has 0 saturated carbocycles. The van der Waals surface area contributed by atoms with E-state index in [0.717, 1.165) is 9.52 Å². The highest BCUT2D eigenvalue weighted by Gasteiger charge is 2.29. The van der Waals surface area contributed by atoms with Gasteiger partial charge in [0.1, 0.15) is 0 Å². The van der Waals surface area contributed by atoms with Crippen LogP contribution in [-0.4, -0.2) is 9.52 Å². The van der Waals surface area contributed by atoms with Crippen molar-refractivity contribution < 1.29 is 0 Å². The summed E-state index contributed by atoms with van der Waals surface area (Å²) in [7, 11) is 0.890. The average Bonchev–Trinajstić information content (AvgIpc) is 3.25. The molecule has 2 aliphatic rings. The lowest BCUT2D eigenvalue weighted by Gasteiger charge is -2.20. The maximum atomic E-state index is 2.56. The van der Waals surface area contributed by atoms with Crippen LogP contribution in [0.1, 0.15) is 83.0 Å². The maximum Gasteiger partial charge on any atom is 0.0669 e. The van der Waals surface area contributed by atoms with Crippen molar-refractivity contribution in [3.05, 3.63) is 88.0 Å². The predicted octanol–water partition coefficient (Wildman–Crippen LogP) is 8.68. The van der Waals surface area contributed by atoms with Crippen LogP contribution in [0.25, 0.3) is 17.2 Å². The van der Waals surface area contributed by atoms with Gasteiger partial charge in [0.05, 0.1) is 9.52 Å². The van der Waals surface area contributed by atoms with Crippen LogP contribution in [0.4, 0.5) is 0 Å². The van der Waals surface area contributed by atoms with Gasteiger partial charge in [0.15, 0.2) is 0 Å². The van der Waals surface area contributed by atoms with E-state index in [1.54, 1.807) is 11.1 Å². The molecule has 31 heavy (non-hydrogen) atoms. The van der Waals surface area contributed by atoms with E-state index >= 15 is 0 Å². The summed E-state index contributed by atoms with van der Waals surface area (Å²) in [5, 5.41) is 0. The van der Waals surface area contributed by atoms with Gasteiger partial charge in [0, 0.05) is 0 Å². The van der Waals surface area contributed by atoms with Gasteiger partial charge in [-0.25, -0.2) is 0 Å². The Kier molecular flexibility index (Phi) is 6.26. The Morgan fingerprint density at radius 1 is 0.903 bits per heavy atom. The highest BCUT2D eigenvalue weighted by molar-refractivity contribution is 6.44. The van der Waals surface area contributed by atoms with Crippen molar-refractivity contribution in [3.63, 3.8) is 0 Å². The molecule has 0 aromatic heterocycles. The fraction of sp³-hybridized carbons (Fsp3) is 0.400. The number of hydrogen-bond donors (Lipinski definition) is 0. The third-order valence-corrected chi connectivity index (χ3v) is 8.87. The summed E-state index contributed by atoms with van der Waals surface area (Å²) in [6.45, 7) is 13.8. The van der Waals surface area contributed by atoms with Crippen molar-refractivity contribution in [1.29, 1.82) is 0 Å². The van der Waals surface area contributed by atoms with Crippen LogP contribution in [0.2, 0.25) is 5.54 Å². The zero-order chi connectivity index (χ0) is 22.2. The van der Waals surface area contributed by atoms with Crippen molar-refractivity contribution in [2.45, 2.75) is 77.3 Å². The Morgan fingerprint density at radius 3 is 2.32 bits per heavy atom. The average molecular weight is 425 g/mol. The lowest BCUT2D eigenvalue weighted by molar-refractivity contribution is 0.590. The lowest BCUT2D eigenvalue weighted by atomic mass is 9.86. The summed E-state index contributed by atoms with van der Waals surface area (Å²) >= 11 is 0. The zero-order valence-corrected chi connectivity index (χ0v) is 21.0. The maximum absolute atomic E-state index is 2.56. The Balaban J connectivity index is 1.60. The summed E-state index contributed by atoms with van der Waals surface area (Å²) in [5.74, 6) is 0. The molecule has 1 heteroatoms. The molecule has 0 aliphatic heterocycles. The molecule has 2 radical (unpaired) electrons. The SMILES string of the molecule is CCCCC1=CC([Si]C2C(C)=Cc3c(-c4ccc(C(C)(C)C)cc4)cccc32)C(C)=C1. The molecule has 0 fully saturated rings. The van der Waals surface area contributed by atoms with Gasteiger partial charge in [-0.1, -0.05) is 112 Å². The molecule has 2 aromatic carbocycles. The van der Waals surface area contributed by atoms with E-state index in [2.05, 4.69) is 102 Å². The molecule has 0 saturated heterocycles. The number of allylic oxidation sites excluding steroid dienone is 5. The summed E-state index contributed by atoms with van der Waals surface area (Å²) in [6.07, 6.45) is 11.3. The zero-order valence-electron chi connectivity index (χ0n) is 20.0. The number of fused-ring (bicyclic) bond motifs is 1. The van der Waals surface area contributed by atoms with Crippen LogP contribution in [-0.2, 0) is 5.41 Å². The number of unbranched alkanes of at least 4 members (excludes halogenated alkanes) is 1. The first-order valence-electron chi connectivity index (χ1n) is 11.8. The molecule has 2 atom stereocenters. The van der Waals surface area contributed by atoms with Crippen LogP contribution < -0.4 is 0 Å². The minimum Gasteiger partial charge on any atom is -0.0774 e. The molecular weight excluding hydrogens is 388 g/mol. The third-order valence-electron chi connectivity index (χ3n) is 6.79. The molecule has 0 spiro atoms. The van der Waals surface area contributed by atoms with Gasteiger partial charge in [0.25, 0.3) is 0 Å². The van der Waals surface area contributed by atoms with Crippen LogP contribution in [0.5, 0.6) is 0 Å². The minimum atomic E-state index is 0.191. The first kappa shape index (κ1) is 22.1. The molecule has 0 amide bonds. The topological polar surface area (TPSA) is 0 Å². The Morgan fingerprint density at radius 2 is 1.65 bits per heavy atom. The second-order valence-corrected chi connectivity index (χ2v) is 11.9. The number of hydrogen-bond acceptors (Lipinski definition) is 0. The van der Waals surface area contributed by atoms with E-state index in [0.29, 0.717) is 11.1 Å². The summed E-state index contributed by atoms with van der Waals surface area (Å²) in [6, 6.07) is 16.1. The monoisotopic (exact) mass is 424 g/mol. The number of benzene rings is 2. The third kappa shape index (κ3) is 4.57. The smallest absolute Gasteiger partial charge is 0.0669 e. The normalized spacial score (nSPS) is 20.4. The second-order valence-electron chi connectivity index (χ2n) is 10.3. The van der Waals surface area contributed by atoms with E-state index in [9.17, 15) is 0 Å². The van der Waals surface area contributed by atoms with E-state index in [4.69, 9.17) is 0 Å². The van der Waals surface area contributed by atoms with Crippen molar-refractivity contribution in [2.75, 3.05) is 0 Å². The van der Waals surface area contributed by atoms with Gasteiger partial charge >= 0.3 is 0 Å². The molecule has 0 nitrogen and oxygen atoms in total. The highest BCUT2D eigenvalue weighted by Crippen LogP contribution is 2.44. The van der Waals surface area contributed by atoms with Crippen LogP contribution in [0.3, 0.4) is 0 Å². The molecule has 2 aliphatic carbocycles. The summed E-state index contributed by atoms with van der Waals surface area (Å²) in [4.78, 5) is 0. The quantitative estimate of drug-likeness (QED) is 0.407. The minimum absolute atomic E-state index is 0.191. The molecule has 4 rings (SSSR count). The molecule has 0 N–H and O–H groups in total. The van der Waals surface area contributed by atoms with Gasteiger partial charge in [-0.05, 0) is 71.0 Å². The molecular formula is C30H36Si. The van der Waals surface area contributed by atoms with Crippen LogP contribution in [0.15, 0.2) is 71.3 Å². The van der Waals surface area contributed by atoms with Crippen molar-refractivity contribution in [2.24, 2.45) is 0 Å². The molecule has 2 aromatic rings. The molecule has 0 bridgehead atoms. The van der Waals surface area contributed by atoms with Gasteiger partial charge in [-0.15, -0.1) is 0 Å². The van der Waals surface area contributed by atoms with Crippen molar-refractivity contribution in [3.8, 4) is 11.1 Å². The van der Waals surface area contributed by atoms with Crippen molar-refractivity contribution >= 4 is 15.6 Å².